The zero-order chi connectivity index (χ0) is 17.9. The summed E-state index contributed by atoms with van der Waals surface area (Å²) < 4.78 is 5.22. The van der Waals surface area contributed by atoms with Crippen LogP contribution in [0.4, 0.5) is 5.69 Å². The van der Waals surface area contributed by atoms with Gasteiger partial charge in [0.05, 0.1) is 13.7 Å². The Bertz CT molecular complexity index is 772. The van der Waals surface area contributed by atoms with E-state index in [-0.39, 0.29) is 5.91 Å². The topological polar surface area (TPSA) is 32.8 Å². The molecule has 1 unspecified atom stereocenters. The van der Waals surface area contributed by atoms with Crippen molar-refractivity contribution in [2.24, 2.45) is 5.92 Å². The maximum atomic E-state index is 12.8. The van der Waals surface area contributed by atoms with Crippen molar-refractivity contribution in [2.45, 2.75) is 19.3 Å². The van der Waals surface area contributed by atoms with E-state index in [1.165, 1.54) is 11.1 Å². The number of para-hydroxylation sites is 1. The van der Waals surface area contributed by atoms with Gasteiger partial charge in [-0.15, -0.1) is 0 Å². The van der Waals surface area contributed by atoms with Crippen molar-refractivity contribution in [3.05, 3.63) is 59.7 Å². The Balaban J connectivity index is 1.31. The van der Waals surface area contributed by atoms with E-state index in [2.05, 4.69) is 35.2 Å². The summed E-state index contributed by atoms with van der Waals surface area (Å²) in [7, 11) is 1.69. The standard InChI is InChI=1S/C22H26N2O2/c1-26-20-8-6-17(7-9-20)14-18-10-12-23(15-18)16-22(25)24-13-11-19-4-2-3-5-21(19)24/h2-9,18H,10-16H2,1H3. The van der Waals surface area contributed by atoms with E-state index in [1.54, 1.807) is 7.11 Å². The molecule has 136 valence electrons. The van der Waals surface area contributed by atoms with Crippen molar-refractivity contribution < 1.29 is 9.53 Å². The lowest BCUT2D eigenvalue weighted by molar-refractivity contribution is -0.119. The second-order valence-electron chi connectivity index (χ2n) is 7.37. The number of carbonyl (C=O) groups excluding carboxylic acids is 1. The minimum absolute atomic E-state index is 0.236. The number of methoxy groups -OCH3 is 1. The van der Waals surface area contributed by atoms with E-state index in [0.717, 1.165) is 50.3 Å². The first-order valence-corrected chi connectivity index (χ1v) is 9.46. The number of nitrogens with zero attached hydrogens (tertiary/aromatic N) is 2. The Labute approximate surface area is 155 Å². The third-order valence-electron chi connectivity index (χ3n) is 5.60. The maximum Gasteiger partial charge on any atom is 0.241 e. The van der Waals surface area contributed by atoms with Gasteiger partial charge >= 0.3 is 0 Å². The molecule has 2 aliphatic rings. The fourth-order valence-electron chi connectivity index (χ4n) is 4.19. The molecule has 2 aliphatic heterocycles. The van der Waals surface area contributed by atoms with Crippen molar-refractivity contribution in [1.82, 2.24) is 4.90 Å². The molecule has 2 heterocycles. The first kappa shape index (κ1) is 17.1. The maximum absolute atomic E-state index is 12.8. The third kappa shape index (κ3) is 3.61. The van der Waals surface area contributed by atoms with Crippen molar-refractivity contribution in [2.75, 3.05) is 38.2 Å². The predicted octanol–water partition coefficient (Wildman–Crippen LogP) is 3.15. The lowest BCUT2D eigenvalue weighted by atomic mass is 9.99. The summed E-state index contributed by atoms with van der Waals surface area (Å²) in [5.41, 5.74) is 3.74. The summed E-state index contributed by atoms with van der Waals surface area (Å²) in [6, 6.07) is 16.6. The van der Waals surface area contributed by atoms with Crippen LogP contribution in [0.15, 0.2) is 48.5 Å². The Morgan fingerprint density at radius 2 is 1.92 bits per heavy atom. The average molecular weight is 350 g/mol. The SMILES string of the molecule is COc1ccc(CC2CCN(CC(=O)N3CCc4ccccc43)C2)cc1. The van der Waals surface area contributed by atoms with Gasteiger partial charge in [-0.05, 0) is 61.1 Å². The average Bonchev–Trinajstić information content (AvgIpc) is 3.29. The van der Waals surface area contributed by atoms with E-state index in [9.17, 15) is 4.79 Å². The zero-order valence-corrected chi connectivity index (χ0v) is 15.4. The smallest absolute Gasteiger partial charge is 0.241 e. The summed E-state index contributed by atoms with van der Waals surface area (Å²) in [6.07, 6.45) is 3.21. The zero-order valence-electron chi connectivity index (χ0n) is 15.4. The van der Waals surface area contributed by atoms with Gasteiger partial charge in [0.2, 0.25) is 5.91 Å². The molecule has 0 aromatic heterocycles. The quantitative estimate of drug-likeness (QED) is 0.830. The Morgan fingerprint density at radius 1 is 1.12 bits per heavy atom. The minimum Gasteiger partial charge on any atom is -0.497 e. The van der Waals surface area contributed by atoms with Crippen LogP contribution in [-0.4, -0.2) is 44.1 Å². The number of likely N-dealkylation sites (tertiary alicyclic amines) is 1. The molecule has 0 saturated carbocycles. The number of carbonyl (C=O) groups is 1. The van der Waals surface area contributed by atoms with Crippen LogP contribution in [0, 0.1) is 5.92 Å². The van der Waals surface area contributed by atoms with Crippen molar-refractivity contribution in [3.63, 3.8) is 0 Å². The second kappa shape index (κ2) is 7.50. The molecule has 1 amide bonds. The summed E-state index contributed by atoms with van der Waals surface area (Å²) >= 11 is 0. The van der Waals surface area contributed by atoms with Gasteiger partial charge in [-0.3, -0.25) is 9.69 Å². The molecule has 4 rings (SSSR count). The molecule has 1 fully saturated rings. The number of benzene rings is 2. The number of anilines is 1. The fourth-order valence-corrected chi connectivity index (χ4v) is 4.19. The van der Waals surface area contributed by atoms with E-state index in [1.807, 2.05) is 23.1 Å². The molecule has 2 aromatic rings. The van der Waals surface area contributed by atoms with Gasteiger partial charge in [-0.25, -0.2) is 0 Å². The van der Waals surface area contributed by atoms with Crippen LogP contribution < -0.4 is 9.64 Å². The molecule has 0 aliphatic carbocycles. The summed E-state index contributed by atoms with van der Waals surface area (Å²) in [5, 5.41) is 0. The van der Waals surface area contributed by atoms with Crippen molar-refractivity contribution in [1.29, 1.82) is 0 Å². The highest BCUT2D eigenvalue weighted by molar-refractivity contribution is 5.96. The fraction of sp³-hybridized carbons (Fsp3) is 0.409. The highest BCUT2D eigenvalue weighted by Crippen LogP contribution is 2.28. The van der Waals surface area contributed by atoms with Crippen molar-refractivity contribution in [3.8, 4) is 5.75 Å². The van der Waals surface area contributed by atoms with E-state index >= 15 is 0 Å². The molecule has 0 N–H and O–H groups in total. The molecular formula is C22H26N2O2. The van der Waals surface area contributed by atoms with Crippen LogP contribution in [0.2, 0.25) is 0 Å². The van der Waals surface area contributed by atoms with Gasteiger partial charge in [-0.1, -0.05) is 30.3 Å². The van der Waals surface area contributed by atoms with Crippen LogP contribution in [0.3, 0.4) is 0 Å². The van der Waals surface area contributed by atoms with Crippen LogP contribution >= 0.6 is 0 Å². The predicted molar refractivity (Wildman–Crippen MR) is 104 cm³/mol. The van der Waals surface area contributed by atoms with Crippen LogP contribution in [0.5, 0.6) is 5.75 Å². The molecule has 1 atom stereocenters. The van der Waals surface area contributed by atoms with Gasteiger partial charge in [0.15, 0.2) is 0 Å². The number of amides is 1. The molecular weight excluding hydrogens is 324 g/mol. The third-order valence-corrected chi connectivity index (χ3v) is 5.60. The molecule has 0 radical (unpaired) electrons. The molecule has 4 nitrogen and oxygen atoms in total. The van der Waals surface area contributed by atoms with Gasteiger partial charge in [0.1, 0.15) is 5.75 Å². The Hall–Kier alpha value is -2.33. The lowest BCUT2D eigenvalue weighted by Gasteiger charge is -2.22. The Morgan fingerprint density at radius 3 is 2.73 bits per heavy atom. The van der Waals surface area contributed by atoms with Crippen LogP contribution in [0.25, 0.3) is 0 Å². The first-order valence-electron chi connectivity index (χ1n) is 9.46. The lowest BCUT2D eigenvalue weighted by Crippen LogP contribution is -2.38. The number of ether oxygens (including phenoxy) is 1. The number of fused-ring (bicyclic) bond motifs is 1. The van der Waals surface area contributed by atoms with Crippen LogP contribution in [-0.2, 0) is 17.6 Å². The summed E-state index contributed by atoms with van der Waals surface area (Å²) in [6.45, 7) is 3.38. The summed E-state index contributed by atoms with van der Waals surface area (Å²) in [5.74, 6) is 1.76. The number of rotatable bonds is 5. The molecule has 26 heavy (non-hydrogen) atoms. The van der Waals surface area contributed by atoms with E-state index in [4.69, 9.17) is 4.74 Å². The largest absolute Gasteiger partial charge is 0.497 e. The Kier molecular flexibility index (Phi) is 4.93. The molecule has 1 saturated heterocycles. The minimum atomic E-state index is 0.236. The van der Waals surface area contributed by atoms with E-state index in [0.29, 0.717) is 12.5 Å². The highest BCUT2D eigenvalue weighted by atomic mass is 16.5. The first-order chi connectivity index (χ1) is 12.7. The monoisotopic (exact) mass is 350 g/mol. The number of hydrogen-bond donors (Lipinski definition) is 0. The molecule has 2 aromatic carbocycles. The van der Waals surface area contributed by atoms with Crippen LogP contribution in [0.1, 0.15) is 17.5 Å². The van der Waals surface area contributed by atoms with Gasteiger partial charge in [0, 0.05) is 18.8 Å². The van der Waals surface area contributed by atoms with Gasteiger partial charge in [0.25, 0.3) is 0 Å². The molecule has 4 heteroatoms. The molecule has 0 spiro atoms. The van der Waals surface area contributed by atoms with Gasteiger partial charge < -0.3 is 9.64 Å². The second-order valence-corrected chi connectivity index (χ2v) is 7.37. The normalized spacial score (nSPS) is 19.6. The summed E-state index contributed by atoms with van der Waals surface area (Å²) in [4.78, 5) is 17.1. The van der Waals surface area contributed by atoms with Gasteiger partial charge in [-0.2, -0.15) is 0 Å². The van der Waals surface area contributed by atoms with Crippen molar-refractivity contribution >= 4 is 11.6 Å². The highest BCUT2D eigenvalue weighted by Gasteiger charge is 2.29. The number of hydrogen-bond acceptors (Lipinski definition) is 3. The molecule has 0 bridgehead atoms. The van der Waals surface area contributed by atoms with E-state index < -0.39 is 0 Å².